The normalized spacial score (nSPS) is 12.2. The molecule has 0 aromatic carbocycles. The van der Waals surface area contributed by atoms with Crippen molar-refractivity contribution in [2.75, 3.05) is 13.2 Å². The number of ether oxygens (including phenoxy) is 3. The summed E-state index contributed by atoms with van der Waals surface area (Å²) in [6.45, 7) is 6.64. The van der Waals surface area contributed by atoms with Gasteiger partial charge in [-0.3, -0.25) is 14.4 Å². The highest BCUT2D eigenvalue weighted by molar-refractivity contribution is 5.71. The Kier molecular flexibility index (Phi) is 54.2. The van der Waals surface area contributed by atoms with Gasteiger partial charge in [-0.05, 0) is 77.0 Å². The molecule has 6 heteroatoms. The fourth-order valence-corrected chi connectivity index (χ4v) is 8.65. The molecule has 0 aromatic rings. The van der Waals surface area contributed by atoms with E-state index >= 15 is 0 Å². The summed E-state index contributed by atoms with van der Waals surface area (Å²) in [5.74, 6) is -0.864. The smallest absolute Gasteiger partial charge is 0.306 e. The van der Waals surface area contributed by atoms with Crippen LogP contribution in [0.25, 0.3) is 0 Å². The summed E-state index contributed by atoms with van der Waals surface area (Å²) >= 11 is 0. The zero-order chi connectivity index (χ0) is 48.6. The number of carbonyl (C=O) groups excluding carboxylic acids is 3. The summed E-state index contributed by atoms with van der Waals surface area (Å²) < 4.78 is 16.9. The van der Waals surface area contributed by atoms with Crippen molar-refractivity contribution < 1.29 is 28.6 Å². The van der Waals surface area contributed by atoms with Gasteiger partial charge in [0.1, 0.15) is 13.2 Å². The molecule has 0 aliphatic heterocycles. The van der Waals surface area contributed by atoms with Crippen molar-refractivity contribution in [3.63, 3.8) is 0 Å². The second-order valence-electron chi connectivity index (χ2n) is 19.9. The summed E-state index contributed by atoms with van der Waals surface area (Å²) in [4.78, 5) is 38.1. The summed E-state index contributed by atoms with van der Waals surface area (Å²) in [5.41, 5.74) is 0. The van der Waals surface area contributed by atoms with E-state index in [2.05, 4.69) is 57.2 Å². The lowest BCUT2D eigenvalue weighted by molar-refractivity contribution is -0.167. The maximum Gasteiger partial charge on any atom is 0.306 e. The van der Waals surface area contributed by atoms with Gasteiger partial charge in [-0.1, -0.05) is 256 Å². The molecule has 0 heterocycles. The van der Waals surface area contributed by atoms with E-state index in [0.717, 1.165) is 70.6 Å². The van der Waals surface area contributed by atoms with Crippen LogP contribution in [0, 0.1) is 0 Å². The lowest BCUT2D eigenvalue weighted by Gasteiger charge is -2.18. The van der Waals surface area contributed by atoms with Crippen LogP contribution in [0.2, 0.25) is 0 Å². The maximum absolute atomic E-state index is 12.8. The Labute approximate surface area is 416 Å². The van der Waals surface area contributed by atoms with E-state index in [1.807, 2.05) is 0 Å². The molecule has 0 fully saturated rings. The fourth-order valence-electron chi connectivity index (χ4n) is 8.65. The predicted molar refractivity (Wildman–Crippen MR) is 289 cm³/mol. The quantitative estimate of drug-likeness (QED) is 0.0262. The SMILES string of the molecule is CCCCC/C=C\C/C=C\CCCCCCCCCC(=O)OC[C@H](COC(=O)CCCCCCCCCCCCC/C=C\CCCCCCCC)OC(=O)CCCCCCCCCCCCC. The Bertz CT molecular complexity index is 1130. The number of hydrogen-bond acceptors (Lipinski definition) is 6. The molecule has 0 bridgehead atoms. The number of carbonyl (C=O) groups is 3. The Morgan fingerprint density at radius 1 is 0.299 bits per heavy atom. The molecule has 0 aromatic heterocycles. The van der Waals surface area contributed by atoms with Crippen molar-refractivity contribution in [1.29, 1.82) is 0 Å². The first-order chi connectivity index (χ1) is 33.0. The lowest BCUT2D eigenvalue weighted by Crippen LogP contribution is -2.30. The van der Waals surface area contributed by atoms with Crippen LogP contribution in [0.15, 0.2) is 36.5 Å². The third kappa shape index (κ3) is 54.4. The second-order valence-corrected chi connectivity index (χ2v) is 19.9. The van der Waals surface area contributed by atoms with Crippen molar-refractivity contribution in [3.05, 3.63) is 36.5 Å². The Hall–Kier alpha value is -2.37. The molecule has 0 rings (SSSR count). The molecular weight excluding hydrogens is 829 g/mol. The minimum Gasteiger partial charge on any atom is -0.462 e. The average molecular weight is 942 g/mol. The molecule has 67 heavy (non-hydrogen) atoms. The molecule has 0 saturated carbocycles. The van der Waals surface area contributed by atoms with Crippen molar-refractivity contribution >= 4 is 17.9 Å². The van der Waals surface area contributed by atoms with Gasteiger partial charge in [-0.15, -0.1) is 0 Å². The van der Waals surface area contributed by atoms with Crippen molar-refractivity contribution in [1.82, 2.24) is 0 Å². The average Bonchev–Trinajstić information content (AvgIpc) is 3.33. The molecule has 0 radical (unpaired) electrons. The third-order valence-corrected chi connectivity index (χ3v) is 13.1. The highest BCUT2D eigenvalue weighted by Gasteiger charge is 2.19. The molecule has 392 valence electrons. The van der Waals surface area contributed by atoms with Crippen LogP contribution < -0.4 is 0 Å². The van der Waals surface area contributed by atoms with Crippen LogP contribution in [0.3, 0.4) is 0 Å². The molecule has 0 amide bonds. The number of allylic oxidation sites excluding steroid dienone is 6. The Morgan fingerprint density at radius 3 is 0.866 bits per heavy atom. The topological polar surface area (TPSA) is 78.9 Å². The largest absolute Gasteiger partial charge is 0.462 e. The molecule has 0 spiro atoms. The Balaban J connectivity index is 4.26. The molecule has 6 nitrogen and oxygen atoms in total. The molecular formula is C61H112O6. The van der Waals surface area contributed by atoms with E-state index < -0.39 is 6.10 Å². The number of rotatable bonds is 54. The van der Waals surface area contributed by atoms with Gasteiger partial charge in [-0.2, -0.15) is 0 Å². The molecule has 0 N–H and O–H groups in total. The highest BCUT2D eigenvalue weighted by Crippen LogP contribution is 2.16. The Morgan fingerprint density at radius 2 is 0.537 bits per heavy atom. The van der Waals surface area contributed by atoms with E-state index in [9.17, 15) is 14.4 Å². The van der Waals surface area contributed by atoms with Crippen molar-refractivity contribution in [2.45, 2.75) is 322 Å². The van der Waals surface area contributed by atoms with Gasteiger partial charge in [0.15, 0.2) is 6.10 Å². The van der Waals surface area contributed by atoms with E-state index in [1.165, 1.54) is 205 Å². The molecule has 0 unspecified atom stereocenters. The van der Waals surface area contributed by atoms with Gasteiger partial charge in [0.25, 0.3) is 0 Å². The second kappa shape index (κ2) is 56.2. The van der Waals surface area contributed by atoms with Gasteiger partial charge in [0.2, 0.25) is 0 Å². The van der Waals surface area contributed by atoms with Crippen LogP contribution >= 0.6 is 0 Å². The lowest BCUT2D eigenvalue weighted by atomic mass is 10.0. The highest BCUT2D eigenvalue weighted by atomic mass is 16.6. The molecule has 0 aliphatic rings. The van der Waals surface area contributed by atoms with Gasteiger partial charge >= 0.3 is 17.9 Å². The van der Waals surface area contributed by atoms with Crippen molar-refractivity contribution in [2.24, 2.45) is 0 Å². The van der Waals surface area contributed by atoms with E-state index in [4.69, 9.17) is 14.2 Å². The summed E-state index contributed by atoms with van der Waals surface area (Å²) in [5, 5.41) is 0. The fraction of sp³-hybridized carbons (Fsp3) is 0.852. The minimum absolute atomic E-state index is 0.0714. The standard InChI is InChI=1S/C61H112O6/c1-4-7-10-13-16-19-22-24-26-28-29-30-31-33-35-37-40-42-45-48-51-54-60(63)66-57-58(67-61(64)55-52-49-46-43-38-21-18-15-12-9-6-3)56-65-59(62)53-50-47-44-41-39-36-34-32-27-25-23-20-17-14-11-8-5-2/h17,20,24-27,58H,4-16,18-19,21-23,28-57H2,1-3H3/b20-17-,26-24-,27-25-/t58-/m1/s1. The van der Waals surface area contributed by atoms with E-state index in [-0.39, 0.29) is 31.1 Å². The van der Waals surface area contributed by atoms with Gasteiger partial charge in [0.05, 0.1) is 0 Å². The van der Waals surface area contributed by atoms with E-state index in [0.29, 0.717) is 19.3 Å². The van der Waals surface area contributed by atoms with E-state index in [1.54, 1.807) is 0 Å². The van der Waals surface area contributed by atoms with Crippen LogP contribution in [0.1, 0.15) is 316 Å². The summed E-state index contributed by atoms with van der Waals surface area (Å²) in [6, 6.07) is 0. The van der Waals surface area contributed by atoms with Crippen molar-refractivity contribution in [3.8, 4) is 0 Å². The number of hydrogen-bond donors (Lipinski definition) is 0. The first kappa shape index (κ1) is 64.6. The number of unbranched alkanes of at least 4 members (excludes halogenated alkanes) is 37. The predicted octanol–water partition coefficient (Wildman–Crippen LogP) is 19.7. The zero-order valence-electron chi connectivity index (χ0n) is 44.9. The number of esters is 3. The maximum atomic E-state index is 12.8. The van der Waals surface area contributed by atoms with Gasteiger partial charge in [0, 0.05) is 19.3 Å². The van der Waals surface area contributed by atoms with Gasteiger partial charge in [-0.25, -0.2) is 0 Å². The molecule has 0 saturated heterocycles. The van der Waals surface area contributed by atoms with Crippen LogP contribution in [-0.4, -0.2) is 37.2 Å². The van der Waals surface area contributed by atoms with Gasteiger partial charge < -0.3 is 14.2 Å². The van der Waals surface area contributed by atoms with Crippen LogP contribution in [0.4, 0.5) is 0 Å². The first-order valence-corrected chi connectivity index (χ1v) is 29.5. The summed E-state index contributed by atoms with van der Waals surface area (Å²) in [6.07, 6.45) is 67.1. The molecule has 1 atom stereocenters. The monoisotopic (exact) mass is 941 g/mol. The summed E-state index contributed by atoms with van der Waals surface area (Å²) in [7, 11) is 0. The third-order valence-electron chi connectivity index (χ3n) is 13.1. The zero-order valence-corrected chi connectivity index (χ0v) is 44.9. The minimum atomic E-state index is -0.772. The molecule has 0 aliphatic carbocycles. The van der Waals surface area contributed by atoms with Crippen LogP contribution in [0.5, 0.6) is 0 Å². The first-order valence-electron chi connectivity index (χ1n) is 29.5. The van der Waals surface area contributed by atoms with Crippen LogP contribution in [-0.2, 0) is 28.6 Å².